The van der Waals surface area contributed by atoms with Gasteiger partial charge in [-0.1, -0.05) is 54.6 Å². The number of benzene rings is 3. The second-order valence-electron chi connectivity index (χ2n) is 10.3. The highest BCUT2D eigenvalue weighted by Gasteiger charge is 2.64. The molecule has 0 aliphatic carbocycles. The molecule has 2 fully saturated rings. The van der Waals surface area contributed by atoms with Crippen LogP contribution in [0.2, 0.25) is 0 Å². The second-order valence-corrected chi connectivity index (χ2v) is 10.3. The SMILES string of the molecule is COc1ccc(C(OC[C@@]2(CO)O[C@@H](OC)[C@@H]3OC(C)(C)O[C@@H]32)(c2ccccc2)c2ccc(OC)cc2)cc1. The van der Waals surface area contributed by atoms with Gasteiger partial charge in [-0.05, 0) is 54.8 Å². The molecule has 5 rings (SSSR count). The topological polar surface area (TPSA) is 84.8 Å². The van der Waals surface area contributed by atoms with Crippen molar-refractivity contribution in [1.82, 2.24) is 0 Å². The van der Waals surface area contributed by atoms with Gasteiger partial charge >= 0.3 is 0 Å². The summed E-state index contributed by atoms with van der Waals surface area (Å²) in [5, 5.41) is 10.8. The van der Waals surface area contributed by atoms with E-state index in [1.807, 2.05) is 92.7 Å². The monoisotopic (exact) mass is 536 g/mol. The van der Waals surface area contributed by atoms with E-state index in [0.29, 0.717) is 0 Å². The van der Waals surface area contributed by atoms with Crippen molar-refractivity contribution in [3.8, 4) is 11.5 Å². The molecule has 208 valence electrons. The summed E-state index contributed by atoms with van der Waals surface area (Å²) in [5.74, 6) is 0.593. The lowest BCUT2D eigenvalue weighted by atomic mass is 9.79. The molecule has 8 nitrogen and oxygen atoms in total. The summed E-state index contributed by atoms with van der Waals surface area (Å²) >= 11 is 0. The number of methoxy groups -OCH3 is 3. The number of ether oxygens (including phenoxy) is 7. The van der Waals surface area contributed by atoms with Crippen molar-refractivity contribution in [3.05, 3.63) is 95.6 Å². The first-order valence-corrected chi connectivity index (χ1v) is 13.0. The molecule has 0 radical (unpaired) electrons. The lowest BCUT2D eigenvalue weighted by Crippen LogP contribution is -2.52. The van der Waals surface area contributed by atoms with Crippen LogP contribution in [0, 0.1) is 0 Å². The first-order chi connectivity index (χ1) is 18.8. The maximum atomic E-state index is 10.8. The van der Waals surface area contributed by atoms with E-state index in [-0.39, 0.29) is 13.2 Å². The Morgan fingerprint density at radius 3 is 1.77 bits per heavy atom. The highest BCUT2D eigenvalue weighted by atomic mass is 16.8. The molecule has 3 aromatic carbocycles. The molecule has 0 bridgehead atoms. The standard InChI is InChI=1S/C31H36O8/c1-29(2)37-26-27(38-29)30(19-32,39-28(26)35-5)20-36-31(21-9-7-6-8-10-21,22-11-15-24(33-3)16-12-22)23-13-17-25(34-4)18-14-23/h6-18,26-28,32H,19-20H2,1-5H3/t26-,27+,28-,30-/m1/s1. The van der Waals surface area contributed by atoms with Gasteiger partial charge in [-0.25, -0.2) is 0 Å². The van der Waals surface area contributed by atoms with E-state index in [0.717, 1.165) is 28.2 Å². The number of hydrogen-bond acceptors (Lipinski definition) is 8. The quantitative estimate of drug-likeness (QED) is 0.385. The van der Waals surface area contributed by atoms with Crippen LogP contribution in [0.5, 0.6) is 11.5 Å². The number of aliphatic hydroxyl groups excluding tert-OH is 1. The Morgan fingerprint density at radius 1 is 0.744 bits per heavy atom. The Bertz CT molecular complexity index is 1180. The Labute approximate surface area is 229 Å². The summed E-state index contributed by atoms with van der Waals surface area (Å²) in [4.78, 5) is 0. The van der Waals surface area contributed by atoms with E-state index in [1.165, 1.54) is 0 Å². The largest absolute Gasteiger partial charge is 0.497 e. The molecule has 2 saturated heterocycles. The normalized spacial score (nSPS) is 25.8. The van der Waals surface area contributed by atoms with Crippen molar-refractivity contribution < 1.29 is 38.3 Å². The van der Waals surface area contributed by atoms with Crippen LogP contribution >= 0.6 is 0 Å². The first kappa shape index (κ1) is 27.6. The summed E-state index contributed by atoms with van der Waals surface area (Å²) in [5.41, 5.74) is 0.318. The third-order valence-corrected chi connectivity index (χ3v) is 7.47. The van der Waals surface area contributed by atoms with Gasteiger partial charge in [0.25, 0.3) is 0 Å². The lowest BCUT2D eigenvalue weighted by Gasteiger charge is -2.40. The first-order valence-electron chi connectivity index (χ1n) is 13.0. The van der Waals surface area contributed by atoms with E-state index in [2.05, 4.69) is 0 Å². The van der Waals surface area contributed by atoms with Crippen molar-refractivity contribution in [2.75, 3.05) is 34.5 Å². The molecule has 1 N–H and O–H groups in total. The molecule has 8 heteroatoms. The summed E-state index contributed by atoms with van der Waals surface area (Å²) in [6.45, 7) is 3.30. The Morgan fingerprint density at radius 2 is 1.28 bits per heavy atom. The molecule has 0 unspecified atom stereocenters. The number of rotatable bonds is 10. The number of aliphatic hydroxyl groups is 1. The van der Waals surface area contributed by atoms with Crippen LogP contribution in [-0.2, 0) is 29.3 Å². The lowest BCUT2D eigenvalue weighted by molar-refractivity contribution is -0.268. The number of hydrogen-bond donors (Lipinski definition) is 1. The van der Waals surface area contributed by atoms with Gasteiger partial charge in [-0.2, -0.15) is 0 Å². The zero-order chi connectivity index (χ0) is 27.7. The molecule has 0 aromatic heterocycles. The van der Waals surface area contributed by atoms with Gasteiger partial charge in [0.1, 0.15) is 34.9 Å². The maximum Gasteiger partial charge on any atom is 0.187 e. The van der Waals surface area contributed by atoms with Crippen LogP contribution in [0.3, 0.4) is 0 Å². The minimum atomic E-state index is -1.24. The second kappa shape index (κ2) is 10.9. The van der Waals surface area contributed by atoms with Crippen LogP contribution in [0.4, 0.5) is 0 Å². The van der Waals surface area contributed by atoms with Crippen molar-refractivity contribution in [3.63, 3.8) is 0 Å². The zero-order valence-corrected chi connectivity index (χ0v) is 23.0. The molecular weight excluding hydrogens is 500 g/mol. The fraction of sp³-hybridized carbons (Fsp3) is 0.419. The fourth-order valence-electron chi connectivity index (χ4n) is 5.54. The van der Waals surface area contributed by atoms with E-state index in [9.17, 15) is 5.11 Å². The Balaban J connectivity index is 1.64. The Hall–Kier alpha value is -2.98. The van der Waals surface area contributed by atoms with E-state index < -0.39 is 35.5 Å². The minimum absolute atomic E-state index is 0.0169. The van der Waals surface area contributed by atoms with Gasteiger partial charge in [-0.15, -0.1) is 0 Å². The van der Waals surface area contributed by atoms with Gasteiger partial charge in [0.2, 0.25) is 0 Å². The van der Waals surface area contributed by atoms with Crippen molar-refractivity contribution in [1.29, 1.82) is 0 Å². The summed E-state index contributed by atoms with van der Waals surface area (Å²) < 4.78 is 42.1. The molecule has 2 aliphatic heterocycles. The minimum Gasteiger partial charge on any atom is -0.497 e. The smallest absolute Gasteiger partial charge is 0.187 e. The highest BCUT2D eigenvalue weighted by molar-refractivity contribution is 5.49. The number of fused-ring (bicyclic) bond motifs is 1. The molecule has 2 heterocycles. The predicted molar refractivity (Wildman–Crippen MR) is 144 cm³/mol. The maximum absolute atomic E-state index is 10.8. The summed E-state index contributed by atoms with van der Waals surface area (Å²) in [6, 6.07) is 25.5. The third-order valence-electron chi connectivity index (χ3n) is 7.47. The van der Waals surface area contributed by atoms with E-state index in [1.54, 1.807) is 21.3 Å². The zero-order valence-electron chi connectivity index (χ0n) is 23.0. The molecule has 4 atom stereocenters. The van der Waals surface area contributed by atoms with Crippen molar-refractivity contribution in [2.24, 2.45) is 0 Å². The van der Waals surface area contributed by atoms with Crippen molar-refractivity contribution in [2.45, 2.75) is 49.3 Å². The molecule has 39 heavy (non-hydrogen) atoms. The van der Waals surface area contributed by atoms with Gasteiger partial charge in [0.15, 0.2) is 12.1 Å². The Kier molecular flexibility index (Phi) is 7.70. The van der Waals surface area contributed by atoms with Crippen LogP contribution in [0.25, 0.3) is 0 Å². The van der Waals surface area contributed by atoms with Gasteiger partial charge in [0.05, 0.1) is 27.4 Å². The van der Waals surface area contributed by atoms with Crippen LogP contribution in [-0.4, -0.2) is 69.5 Å². The van der Waals surface area contributed by atoms with Crippen molar-refractivity contribution >= 4 is 0 Å². The van der Waals surface area contributed by atoms with Gasteiger partial charge in [-0.3, -0.25) is 0 Å². The molecule has 0 amide bonds. The predicted octanol–water partition coefficient (Wildman–Crippen LogP) is 4.27. The molecule has 0 spiro atoms. The van der Waals surface area contributed by atoms with E-state index >= 15 is 0 Å². The average Bonchev–Trinajstić information content (AvgIpc) is 3.45. The average molecular weight is 537 g/mol. The highest BCUT2D eigenvalue weighted by Crippen LogP contribution is 2.47. The van der Waals surface area contributed by atoms with E-state index in [4.69, 9.17) is 33.2 Å². The fourth-order valence-corrected chi connectivity index (χ4v) is 5.54. The van der Waals surface area contributed by atoms with Gasteiger partial charge < -0.3 is 38.3 Å². The molecule has 2 aliphatic rings. The van der Waals surface area contributed by atoms with Crippen LogP contribution in [0.15, 0.2) is 78.9 Å². The molecule has 0 saturated carbocycles. The van der Waals surface area contributed by atoms with Crippen LogP contribution in [0.1, 0.15) is 30.5 Å². The third kappa shape index (κ3) is 4.93. The summed E-state index contributed by atoms with van der Waals surface area (Å²) in [7, 11) is 4.82. The summed E-state index contributed by atoms with van der Waals surface area (Å²) in [6.07, 6.45) is -1.85. The molecular formula is C31H36O8. The van der Waals surface area contributed by atoms with Crippen LogP contribution < -0.4 is 9.47 Å². The van der Waals surface area contributed by atoms with Gasteiger partial charge in [0, 0.05) is 7.11 Å². The molecule has 3 aromatic rings.